The highest BCUT2D eigenvalue weighted by molar-refractivity contribution is 7.17. The third-order valence-electron chi connectivity index (χ3n) is 6.57. The van der Waals surface area contributed by atoms with E-state index in [1.807, 2.05) is 6.92 Å². The van der Waals surface area contributed by atoms with Gasteiger partial charge in [-0.2, -0.15) is 0 Å². The van der Waals surface area contributed by atoms with Crippen molar-refractivity contribution >= 4 is 27.4 Å². The van der Waals surface area contributed by atoms with Gasteiger partial charge in [0.25, 0.3) is 0 Å². The molecule has 1 fully saturated rings. The van der Waals surface area contributed by atoms with E-state index < -0.39 is 0 Å². The van der Waals surface area contributed by atoms with Crippen LogP contribution in [0.2, 0.25) is 0 Å². The van der Waals surface area contributed by atoms with Crippen LogP contribution in [0.4, 0.5) is 5.82 Å². The van der Waals surface area contributed by atoms with Gasteiger partial charge < -0.3 is 9.47 Å². The largest absolute Gasteiger partial charge is 0.346 e. The number of hydrogen-bond acceptors (Lipinski definition) is 6. The van der Waals surface area contributed by atoms with Crippen LogP contribution >= 0.6 is 11.3 Å². The van der Waals surface area contributed by atoms with Gasteiger partial charge >= 0.3 is 0 Å². The third-order valence-corrected chi connectivity index (χ3v) is 7.44. The van der Waals surface area contributed by atoms with Crippen LogP contribution in [0.3, 0.4) is 0 Å². The Labute approximate surface area is 186 Å². The fourth-order valence-electron chi connectivity index (χ4n) is 5.10. The highest BCUT2D eigenvalue weighted by atomic mass is 32.1. The van der Waals surface area contributed by atoms with Crippen molar-refractivity contribution in [1.29, 1.82) is 0 Å². The fourth-order valence-corrected chi connectivity index (χ4v) is 6.08. The minimum absolute atomic E-state index is 0.217. The van der Waals surface area contributed by atoms with E-state index >= 15 is 0 Å². The number of hydrogen-bond donors (Lipinski definition) is 0. The van der Waals surface area contributed by atoms with E-state index in [9.17, 15) is 0 Å². The minimum Gasteiger partial charge on any atom is -0.346 e. The Morgan fingerprint density at radius 3 is 2.74 bits per heavy atom. The first-order valence-electron chi connectivity index (χ1n) is 11.3. The summed E-state index contributed by atoms with van der Waals surface area (Å²) in [5, 5.41) is 12.7. The monoisotopic (exact) mass is 430 g/mol. The zero-order valence-electron chi connectivity index (χ0n) is 17.8. The van der Waals surface area contributed by atoms with Crippen LogP contribution < -0.4 is 4.90 Å². The molecule has 1 aromatic carbocycles. The Balaban J connectivity index is 1.51. The number of aryl methyl sites for hydroxylation is 2. The van der Waals surface area contributed by atoms with E-state index in [4.69, 9.17) is 15.1 Å². The topological polar surface area (TPSA) is 59.7 Å². The van der Waals surface area contributed by atoms with Crippen LogP contribution in [0, 0.1) is 6.92 Å². The van der Waals surface area contributed by atoms with Crippen LogP contribution in [0.5, 0.6) is 0 Å². The van der Waals surface area contributed by atoms with Gasteiger partial charge in [0.05, 0.1) is 11.4 Å². The summed E-state index contributed by atoms with van der Waals surface area (Å²) < 4.78 is 2.38. The van der Waals surface area contributed by atoms with Crippen molar-refractivity contribution in [1.82, 2.24) is 24.7 Å². The number of aromatic nitrogens is 5. The van der Waals surface area contributed by atoms with Crippen LogP contribution in [0.1, 0.15) is 55.6 Å². The zero-order chi connectivity index (χ0) is 20.8. The third kappa shape index (κ3) is 3.22. The van der Waals surface area contributed by atoms with Crippen molar-refractivity contribution in [3.63, 3.8) is 0 Å². The van der Waals surface area contributed by atoms with E-state index in [1.54, 1.807) is 11.3 Å². The van der Waals surface area contributed by atoms with Crippen molar-refractivity contribution in [2.24, 2.45) is 0 Å². The molecule has 0 aliphatic carbocycles. The SMILES string of the molecule is Cc1nc(N2CCCCC2c2nnc3n2CCCC3)c2c(-c3ccccc3)csc2n1. The zero-order valence-corrected chi connectivity index (χ0v) is 18.6. The molecule has 0 radical (unpaired) electrons. The van der Waals surface area contributed by atoms with E-state index in [0.717, 1.165) is 54.1 Å². The lowest BCUT2D eigenvalue weighted by Crippen LogP contribution is -2.36. The maximum absolute atomic E-state index is 5.02. The molecule has 1 saturated heterocycles. The number of nitrogens with zero attached hydrogens (tertiary/aromatic N) is 6. The molecule has 2 aliphatic rings. The number of thiophene rings is 1. The summed E-state index contributed by atoms with van der Waals surface area (Å²) in [4.78, 5) is 13.4. The van der Waals surface area contributed by atoms with Gasteiger partial charge in [0, 0.05) is 30.5 Å². The summed E-state index contributed by atoms with van der Waals surface area (Å²) >= 11 is 1.71. The number of fused-ring (bicyclic) bond motifs is 2. The van der Waals surface area contributed by atoms with Crippen molar-refractivity contribution < 1.29 is 0 Å². The van der Waals surface area contributed by atoms with Gasteiger partial charge in [-0.05, 0) is 44.6 Å². The normalized spacial score (nSPS) is 19.0. The van der Waals surface area contributed by atoms with Crippen molar-refractivity contribution in [3.8, 4) is 11.1 Å². The Bertz CT molecular complexity index is 1230. The standard InChI is InChI=1S/C24H26N6S/c1-16-25-23(21-18(15-31-24(21)26-16)17-9-3-2-4-10-17)29-13-7-5-11-19(29)22-28-27-20-12-6-8-14-30(20)22/h2-4,9-10,15,19H,5-8,11-14H2,1H3. The Kier molecular flexibility index (Phi) is 4.71. The number of piperidine rings is 1. The molecule has 0 spiro atoms. The lowest BCUT2D eigenvalue weighted by molar-refractivity contribution is 0.421. The molecule has 0 N–H and O–H groups in total. The molecule has 31 heavy (non-hydrogen) atoms. The number of anilines is 1. The molecular formula is C24H26N6S. The van der Waals surface area contributed by atoms with E-state index in [0.29, 0.717) is 0 Å². The van der Waals surface area contributed by atoms with Gasteiger partial charge in [-0.1, -0.05) is 30.3 Å². The molecule has 1 atom stereocenters. The predicted octanol–water partition coefficient (Wildman–Crippen LogP) is 5.33. The Morgan fingerprint density at radius 2 is 1.84 bits per heavy atom. The van der Waals surface area contributed by atoms with Crippen molar-refractivity contribution in [3.05, 3.63) is 53.2 Å². The fraction of sp³-hybridized carbons (Fsp3) is 0.417. The first kappa shape index (κ1) is 18.9. The van der Waals surface area contributed by atoms with Gasteiger partial charge in [0.1, 0.15) is 22.3 Å². The molecule has 0 amide bonds. The smallest absolute Gasteiger partial charge is 0.155 e. The van der Waals surface area contributed by atoms with Crippen LogP contribution in [-0.2, 0) is 13.0 Å². The second-order valence-corrected chi connectivity index (χ2v) is 9.44. The van der Waals surface area contributed by atoms with Crippen molar-refractivity contribution in [2.45, 2.75) is 58.0 Å². The molecule has 158 valence electrons. The molecule has 2 aliphatic heterocycles. The first-order chi connectivity index (χ1) is 15.3. The van der Waals surface area contributed by atoms with E-state index in [2.05, 4.69) is 50.3 Å². The maximum Gasteiger partial charge on any atom is 0.155 e. The second-order valence-electron chi connectivity index (χ2n) is 8.58. The summed E-state index contributed by atoms with van der Waals surface area (Å²) in [6.07, 6.45) is 6.95. The Hall–Kier alpha value is -2.80. The molecule has 0 bridgehead atoms. The minimum atomic E-state index is 0.217. The first-order valence-corrected chi connectivity index (χ1v) is 12.2. The second kappa shape index (κ2) is 7.71. The summed E-state index contributed by atoms with van der Waals surface area (Å²) in [6, 6.07) is 10.8. The molecule has 3 aromatic heterocycles. The Morgan fingerprint density at radius 1 is 0.968 bits per heavy atom. The summed E-state index contributed by atoms with van der Waals surface area (Å²) in [6.45, 7) is 4.03. The van der Waals surface area contributed by atoms with Crippen LogP contribution in [0.15, 0.2) is 35.7 Å². The molecule has 7 heteroatoms. The molecule has 6 rings (SSSR count). The molecule has 6 nitrogen and oxygen atoms in total. The van der Waals surface area contributed by atoms with Gasteiger partial charge in [-0.3, -0.25) is 0 Å². The van der Waals surface area contributed by atoms with Gasteiger partial charge in [-0.15, -0.1) is 21.5 Å². The molecule has 1 unspecified atom stereocenters. The maximum atomic E-state index is 5.02. The molecular weight excluding hydrogens is 404 g/mol. The molecule has 5 heterocycles. The average Bonchev–Trinajstić information content (AvgIpc) is 3.43. The summed E-state index contributed by atoms with van der Waals surface area (Å²) in [5.41, 5.74) is 2.44. The average molecular weight is 431 g/mol. The van der Waals surface area contributed by atoms with Gasteiger partial charge in [0.2, 0.25) is 0 Å². The lowest BCUT2D eigenvalue weighted by Gasteiger charge is -2.37. The van der Waals surface area contributed by atoms with Crippen LogP contribution in [0.25, 0.3) is 21.3 Å². The van der Waals surface area contributed by atoms with Gasteiger partial charge in [0.15, 0.2) is 5.82 Å². The molecule has 0 saturated carbocycles. The highest BCUT2D eigenvalue weighted by Gasteiger charge is 2.33. The predicted molar refractivity (Wildman–Crippen MR) is 124 cm³/mol. The summed E-state index contributed by atoms with van der Waals surface area (Å²) in [7, 11) is 0. The molecule has 4 aromatic rings. The quantitative estimate of drug-likeness (QED) is 0.440. The highest BCUT2D eigenvalue weighted by Crippen LogP contribution is 2.42. The van der Waals surface area contributed by atoms with Crippen molar-refractivity contribution in [2.75, 3.05) is 11.4 Å². The van der Waals surface area contributed by atoms with E-state index in [1.165, 1.54) is 42.2 Å². The van der Waals surface area contributed by atoms with E-state index in [-0.39, 0.29) is 6.04 Å². The lowest BCUT2D eigenvalue weighted by atomic mass is 9.99. The van der Waals surface area contributed by atoms with Gasteiger partial charge in [-0.25, -0.2) is 9.97 Å². The number of rotatable bonds is 3. The van der Waals surface area contributed by atoms with Crippen LogP contribution in [-0.4, -0.2) is 31.3 Å². The number of benzene rings is 1. The summed E-state index contributed by atoms with van der Waals surface area (Å²) in [5.74, 6) is 4.16.